The Balaban J connectivity index is 0.00000392. The molecular formula is C20H32ClN3O4. The van der Waals surface area contributed by atoms with Crippen molar-refractivity contribution in [2.45, 2.75) is 31.8 Å². The van der Waals surface area contributed by atoms with Crippen molar-refractivity contribution in [2.24, 2.45) is 0 Å². The molecule has 0 aliphatic carbocycles. The third kappa shape index (κ3) is 7.66. The van der Waals surface area contributed by atoms with Crippen LogP contribution >= 0.6 is 12.4 Å². The zero-order chi connectivity index (χ0) is 19.8. The Labute approximate surface area is 173 Å². The van der Waals surface area contributed by atoms with Gasteiger partial charge in [-0.05, 0) is 50.6 Å². The van der Waals surface area contributed by atoms with Gasteiger partial charge in [-0.25, -0.2) is 0 Å². The van der Waals surface area contributed by atoms with Crippen molar-refractivity contribution in [1.82, 2.24) is 14.7 Å². The van der Waals surface area contributed by atoms with Crippen molar-refractivity contribution in [3.05, 3.63) is 29.8 Å². The van der Waals surface area contributed by atoms with E-state index in [2.05, 4.69) is 4.90 Å². The van der Waals surface area contributed by atoms with Crippen molar-refractivity contribution in [1.29, 1.82) is 0 Å². The molecule has 1 aliphatic heterocycles. The number of likely N-dealkylation sites (N-methyl/N-ethyl adjacent to an activating group) is 2. The number of ether oxygens (including phenoxy) is 1. The van der Waals surface area contributed by atoms with Crippen molar-refractivity contribution < 1.29 is 19.4 Å². The van der Waals surface area contributed by atoms with E-state index in [4.69, 9.17) is 9.84 Å². The summed E-state index contributed by atoms with van der Waals surface area (Å²) in [4.78, 5) is 29.3. The van der Waals surface area contributed by atoms with E-state index < -0.39 is 5.97 Å². The first-order valence-electron chi connectivity index (χ1n) is 9.40. The molecule has 28 heavy (non-hydrogen) atoms. The van der Waals surface area contributed by atoms with Gasteiger partial charge in [0.25, 0.3) is 0 Å². The van der Waals surface area contributed by atoms with Crippen LogP contribution in [0.15, 0.2) is 24.3 Å². The number of amides is 1. The van der Waals surface area contributed by atoms with Crippen LogP contribution in [-0.4, -0.2) is 85.1 Å². The number of methoxy groups -OCH3 is 1. The summed E-state index contributed by atoms with van der Waals surface area (Å²) in [6, 6.07) is 8.00. The van der Waals surface area contributed by atoms with Gasteiger partial charge in [0, 0.05) is 26.2 Å². The minimum Gasteiger partial charge on any atom is -0.497 e. The summed E-state index contributed by atoms with van der Waals surface area (Å²) >= 11 is 0. The number of carboxylic acid groups (broad SMARTS) is 1. The first-order valence-corrected chi connectivity index (χ1v) is 9.40. The monoisotopic (exact) mass is 413 g/mol. The molecule has 1 aromatic rings. The maximum atomic E-state index is 12.6. The summed E-state index contributed by atoms with van der Waals surface area (Å²) in [5.41, 5.74) is 1.07. The molecule has 0 radical (unpaired) electrons. The molecule has 1 N–H and O–H groups in total. The van der Waals surface area contributed by atoms with Crippen LogP contribution in [0, 0.1) is 0 Å². The number of rotatable bonds is 8. The summed E-state index contributed by atoms with van der Waals surface area (Å²) < 4.78 is 5.16. The van der Waals surface area contributed by atoms with E-state index >= 15 is 0 Å². The van der Waals surface area contributed by atoms with Gasteiger partial charge in [-0.3, -0.25) is 19.4 Å². The Bertz CT molecular complexity index is 626. The van der Waals surface area contributed by atoms with Crippen LogP contribution in [0.5, 0.6) is 5.75 Å². The van der Waals surface area contributed by atoms with Crippen molar-refractivity contribution in [2.75, 3.05) is 47.4 Å². The summed E-state index contributed by atoms with van der Waals surface area (Å²) in [6.07, 6.45) is 2.83. The lowest BCUT2D eigenvalue weighted by Crippen LogP contribution is -2.39. The lowest BCUT2D eigenvalue weighted by molar-refractivity contribution is -0.138. The second kappa shape index (κ2) is 11.9. The van der Waals surface area contributed by atoms with Crippen molar-refractivity contribution in [3.8, 4) is 5.75 Å². The smallest absolute Gasteiger partial charge is 0.317 e. The molecule has 158 valence electrons. The number of hydrogen-bond acceptors (Lipinski definition) is 5. The van der Waals surface area contributed by atoms with E-state index in [1.165, 1.54) is 0 Å². The highest BCUT2D eigenvalue weighted by atomic mass is 35.5. The Morgan fingerprint density at radius 1 is 1.18 bits per heavy atom. The number of nitrogens with zero attached hydrogens (tertiary/aromatic N) is 3. The molecule has 0 aromatic heterocycles. The number of hydrogen-bond donors (Lipinski definition) is 1. The highest BCUT2D eigenvalue weighted by Crippen LogP contribution is 2.16. The van der Waals surface area contributed by atoms with Gasteiger partial charge in [0.05, 0.1) is 20.2 Å². The molecule has 0 bridgehead atoms. The van der Waals surface area contributed by atoms with Gasteiger partial charge in [0.15, 0.2) is 0 Å². The molecule has 1 heterocycles. The summed E-state index contributed by atoms with van der Waals surface area (Å²) in [7, 11) is 5.33. The van der Waals surface area contributed by atoms with E-state index in [0.29, 0.717) is 13.1 Å². The number of carboxylic acids is 1. The lowest BCUT2D eigenvalue weighted by Gasteiger charge is -2.26. The first-order chi connectivity index (χ1) is 12.9. The van der Waals surface area contributed by atoms with E-state index in [9.17, 15) is 9.59 Å². The van der Waals surface area contributed by atoms with Crippen LogP contribution in [-0.2, 0) is 16.1 Å². The predicted molar refractivity (Wildman–Crippen MR) is 111 cm³/mol. The maximum absolute atomic E-state index is 12.6. The summed E-state index contributed by atoms with van der Waals surface area (Å²) in [5, 5.41) is 8.96. The molecule has 1 aromatic carbocycles. The molecular weight excluding hydrogens is 382 g/mol. The molecule has 8 heteroatoms. The molecule has 1 atom stereocenters. The Morgan fingerprint density at radius 3 is 2.46 bits per heavy atom. The van der Waals surface area contributed by atoms with Gasteiger partial charge >= 0.3 is 5.97 Å². The highest BCUT2D eigenvalue weighted by Gasteiger charge is 2.23. The van der Waals surface area contributed by atoms with Gasteiger partial charge in [0.2, 0.25) is 5.91 Å². The maximum Gasteiger partial charge on any atom is 0.317 e. The number of aliphatic carboxylic acids is 1. The number of likely N-dealkylation sites (tertiary alicyclic amines) is 1. The van der Waals surface area contributed by atoms with Crippen LogP contribution in [0.3, 0.4) is 0 Å². The van der Waals surface area contributed by atoms with Crippen LogP contribution < -0.4 is 4.74 Å². The number of halogens is 1. The van der Waals surface area contributed by atoms with Gasteiger partial charge < -0.3 is 14.7 Å². The van der Waals surface area contributed by atoms with Gasteiger partial charge in [-0.2, -0.15) is 0 Å². The highest BCUT2D eigenvalue weighted by molar-refractivity contribution is 5.85. The Morgan fingerprint density at radius 2 is 1.86 bits per heavy atom. The third-order valence-corrected chi connectivity index (χ3v) is 5.16. The molecule has 1 aliphatic rings. The molecule has 7 nitrogen and oxygen atoms in total. The Hall–Kier alpha value is -1.83. The van der Waals surface area contributed by atoms with E-state index in [-0.39, 0.29) is 30.9 Å². The fourth-order valence-corrected chi connectivity index (χ4v) is 3.48. The molecule has 0 saturated carbocycles. The fraction of sp³-hybridized carbons (Fsp3) is 0.600. The normalized spacial score (nSPS) is 17.5. The van der Waals surface area contributed by atoms with Crippen molar-refractivity contribution >= 4 is 24.3 Å². The minimum atomic E-state index is -0.797. The number of benzene rings is 1. The van der Waals surface area contributed by atoms with Crippen LogP contribution in [0.2, 0.25) is 0 Å². The van der Waals surface area contributed by atoms with Gasteiger partial charge in [-0.15, -0.1) is 12.4 Å². The standard InChI is InChI=1S/C20H31N3O4.ClH/c1-21(15-20(25)26)17-5-4-11-23(12-10-17)14-19(24)22(2)13-16-6-8-18(27-3)9-7-16;/h6-9,17H,4-5,10-15H2,1-3H3,(H,25,26);1H. The van der Waals surface area contributed by atoms with Gasteiger partial charge in [0.1, 0.15) is 5.75 Å². The van der Waals surface area contributed by atoms with E-state index in [1.54, 1.807) is 12.0 Å². The minimum absolute atomic E-state index is 0. The average Bonchev–Trinajstić information content (AvgIpc) is 2.87. The summed E-state index contributed by atoms with van der Waals surface area (Å²) in [5.74, 6) is 0.108. The van der Waals surface area contributed by atoms with Crippen LogP contribution in [0.25, 0.3) is 0 Å². The molecule has 1 amide bonds. The van der Waals surface area contributed by atoms with E-state index in [1.807, 2.05) is 43.3 Å². The molecule has 1 unspecified atom stereocenters. The molecule has 2 rings (SSSR count). The average molecular weight is 414 g/mol. The van der Waals surface area contributed by atoms with E-state index in [0.717, 1.165) is 43.7 Å². The quantitative estimate of drug-likeness (QED) is 0.702. The zero-order valence-corrected chi connectivity index (χ0v) is 17.8. The lowest BCUT2D eigenvalue weighted by atomic mass is 10.1. The SMILES string of the molecule is COc1ccc(CN(C)C(=O)CN2CCCC(N(C)CC(=O)O)CC2)cc1.Cl. The molecule has 1 fully saturated rings. The Kier molecular flexibility index (Phi) is 10.3. The third-order valence-electron chi connectivity index (χ3n) is 5.16. The molecule has 0 spiro atoms. The second-order valence-electron chi connectivity index (χ2n) is 7.27. The fourth-order valence-electron chi connectivity index (χ4n) is 3.48. The largest absolute Gasteiger partial charge is 0.497 e. The number of carbonyl (C=O) groups excluding carboxylic acids is 1. The van der Waals surface area contributed by atoms with Crippen molar-refractivity contribution in [3.63, 3.8) is 0 Å². The second-order valence-corrected chi connectivity index (χ2v) is 7.27. The topological polar surface area (TPSA) is 73.3 Å². The van der Waals surface area contributed by atoms with Gasteiger partial charge in [-0.1, -0.05) is 12.1 Å². The van der Waals surface area contributed by atoms with Crippen LogP contribution in [0.4, 0.5) is 0 Å². The molecule has 1 saturated heterocycles. The number of carbonyl (C=O) groups is 2. The van der Waals surface area contributed by atoms with Crippen LogP contribution in [0.1, 0.15) is 24.8 Å². The zero-order valence-electron chi connectivity index (χ0n) is 17.0. The predicted octanol–water partition coefficient (Wildman–Crippen LogP) is 1.95. The summed E-state index contributed by atoms with van der Waals surface area (Å²) in [6.45, 7) is 2.73. The first kappa shape index (κ1) is 24.2.